The first-order valence-electron chi connectivity index (χ1n) is 6.75. The van der Waals surface area contributed by atoms with Crippen molar-refractivity contribution >= 4 is 5.91 Å². The van der Waals surface area contributed by atoms with Crippen molar-refractivity contribution in [2.24, 2.45) is 5.41 Å². The number of nitrogens with one attached hydrogen (secondary N) is 1. The summed E-state index contributed by atoms with van der Waals surface area (Å²) in [5, 5.41) is 3.33. The van der Waals surface area contributed by atoms with Crippen LogP contribution >= 0.6 is 0 Å². The summed E-state index contributed by atoms with van der Waals surface area (Å²) < 4.78 is 0. The fraction of sp³-hybridized carbons (Fsp3) is 0.533. The molecule has 1 aromatic rings. The van der Waals surface area contributed by atoms with Gasteiger partial charge in [-0.05, 0) is 31.9 Å². The van der Waals surface area contributed by atoms with Crippen molar-refractivity contribution in [2.45, 2.75) is 26.3 Å². The van der Waals surface area contributed by atoms with Gasteiger partial charge in [0.1, 0.15) is 0 Å². The van der Waals surface area contributed by atoms with E-state index < -0.39 is 0 Å². The van der Waals surface area contributed by atoms with E-state index in [1.54, 1.807) is 0 Å². The van der Waals surface area contributed by atoms with E-state index in [0.29, 0.717) is 5.91 Å². The van der Waals surface area contributed by atoms with Gasteiger partial charge in [-0.2, -0.15) is 0 Å². The SMILES string of the molecule is Cc1cccc(CN2CC[C@@]3(CCNC3)C2=O)c1. The lowest BCUT2D eigenvalue weighted by Gasteiger charge is -2.22. The molecule has 1 N–H and O–H groups in total. The second-order valence-electron chi connectivity index (χ2n) is 5.67. The molecule has 3 nitrogen and oxygen atoms in total. The molecule has 3 rings (SSSR count). The maximum Gasteiger partial charge on any atom is 0.230 e. The fourth-order valence-electron chi connectivity index (χ4n) is 3.21. The molecular formula is C15H20N2O. The summed E-state index contributed by atoms with van der Waals surface area (Å²) in [5.41, 5.74) is 2.42. The van der Waals surface area contributed by atoms with E-state index in [0.717, 1.165) is 39.0 Å². The molecule has 2 aliphatic heterocycles. The molecule has 0 aliphatic carbocycles. The van der Waals surface area contributed by atoms with E-state index in [2.05, 4.69) is 36.5 Å². The molecule has 2 heterocycles. The highest BCUT2D eigenvalue weighted by Crippen LogP contribution is 2.37. The van der Waals surface area contributed by atoms with Gasteiger partial charge in [-0.1, -0.05) is 29.8 Å². The monoisotopic (exact) mass is 244 g/mol. The van der Waals surface area contributed by atoms with Crippen LogP contribution in [0.25, 0.3) is 0 Å². The third kappa shape index (κ3) is 1.93. The molecule has 18 heavy (non-hydrogen) atoms. The standard InChI is InChI=1S/C15H20N2O/c1-12-3-2-4-13(9-12)10-17-8-6-15(14(17)18)5-7-16-11-15/h2-4,9,16H,5-8,10-11H2,1H3/t15-/m1/s1. The lowest BCUT2D eigenvalue weighted by molar-refractivity contribution is -0.135. The van der Waals surface area contributed by atoms with E-state index in [4.69, 9.17) is 0 Å². The summed E-state index contributed by atoms with van der Waals surface area (Å²) in [6.07, 6.45) is 2.03. The highest BCUT2D eigenvalue weighted by atomic mass is 16.2. The van der Waals surface area contributed by atoms with Gasteiger partial charge in [0, 0.05) is 19.6 Å². The summed E-state index contributed by atoms with van der Waals surface area (Å²) in [4.78, 5) is 14.5. The van der Waals surface area contributed by atoms with Gasteiger partial charge < -0.3 is 10.2 Å². The number of rotatable bonds is 2. The average molecular weight is 244 g/mol. The van der Waals surface area contributed by atoms with Crippen molar-refractivity contribution in [3.05, 3.63) is 35.4 Å². The number of hydrogen-bond acceptors (Lipinski definition) is 2. The van der Waals surface area contributed by atoms with Gasteiger partial charge in [0.2, 0.25) is 5.91 Å². The molecule has 0 unspecified atom stereocenters. The largest absolute Gasteiger partial charge is 0.338 e. The lowest BCUT2D eigenvalue weighted by Crippen LogP contribution is -2.35. The van der Waals surface area contributed by atoms with Crippen molar-refractivity contribution in [1.29, 1.82) is 0 Å². The molecule has 0 aromatic heterocycles. The van der Waals surface area contributed by atoms with Crippen LogP contribution in [-0.4, -0.2) is 30.4 Å². The third-order valence-electron chi connectivity index (χ3n) is 4.30. The predicted octanol–water partition coefficient (Wildman–Crippen LogP) is 1.71. The highest BCUT2D eigenvalue weighted by molar-refractivity contribution is 5.85. The zero-order valence-corrected chi connectivity index (χ0v) is 10.9. The number of carbonyl (C=O) groups excluding carboxylic acids is 1. The van der Waals surface area contributed by atoms with Crippen LogP contribution in [0.3, 0.4) is 0 Å². The second-order valence-corrected chi connectivity index (χ2v) is 5.67. The minimum absolute atomic E-state index is 0.0795. The summed E-state index contributed by atoms with van der Waals surface area (Å²) in [6, 6.07) is 8.44. The number of benzene rings is 1. The lowest BCUT2D eigenvalue weighted by atomic mass is 9.86. The number of carbonyl (C=O) groups is 1. The van der Waals surface area contributed by atoms with E-state index >= 15 is 0 Å². The topological polar surface area (TPSA) is 32.3 Å². The Balaban J connectivity index is 1.73. The molecule has 2 saturated heterocycles. The van der Waals surface area contributed by atoms with Gasteiger partial charge >= 0.3 is 0 Å². The van der Waals surface area contributed by atoms with Gasteiger partial charge in [-0.25, -0.2) is 0 Å². The Morgan fingerprint density at radius 2 is 2.28 bits per heavy atom. The van der Waals surface area contributed by atoms with Crippen LogP contribution in [0.2, 0.25) is 0 Å². The normalized spacial score (nSPS) is 27.4. The van der Waals surface area contributed by atoms with Crippen LogP contribution in [-0.2, 0) is 11.3 Å². The van der Waals surface area contributed by atoms with E-state index in [-0.39, 0.29) is 5.41 Å². The van der Waals surface area contributed by atoms with Crippen LogP contribution < -0.4 is 5.32 Å². The highest BCUT2D eigenvalue weighted by Gasteiger charge is 2.47. The molecule has 3 heteroatoms. The number of hydrogen-bond donors (Lipinski definition) is 1. The summed E-state index contributed by atoms with van der Waals surface area (Å²) >= 11 is 0. The van der Waals surface area contributed by atoms with Crippen LogP contribution in [0.1, 0.15) is 24.0 Å². The number of aryl methyl sites for hydroxylation is 1. The fourth-order valence-corrected chi connectivity index (χ4v) is 3.21. The van der Waals surface area contributed by atoms with Crippen molar-refractivity contribution in [3.8, 4) is 0 Å². The number of nitrogens with zero attached hydrogens (tertiary/aromatic N) is 1. The van der Waals surface area contributed by atoms with Gasteiger partial charge in [0.05, 0.1) is 5.41 Å². The Morgan fingerprint density at radius 3 is 3.00 bits per heavy atom. The van der Waals surface area contributed by atoms with Gasteiger partial charge in [-0.15, -0.1) is 0 Å². The number of likely N-dealkylation sites (tertiary alicyclic amines) is 1. The van der Waals surface area contributed by atoms with Crippen LogP contribution in [0.5, 0.6) is 0 Å². The third-order valence-corrected chi connectivity index (χ3v) is 4.30. The van der Waals surface area contributed by atoms with Crippen molar-refractivity contribution < 1.29 is 4.79 Å². The van der Waals surface area contributed by atoms with E-state index in [1.807, 2.05) is 4.90 Å². The van der Waals surface area contributed by atoms with Gasteiger partial charge in [0.25, 0.3) is 0 Å². The zero-order chi connectivity index (χ0) is 12.6. The van der Waals surface area contributed by atoms with Crippen LogP contribution in [0.15, 0.2) is 24.3 Å². The summed E-state index contributed by atoms with van der Waals surface area (Å²) in [7, 11) is 0. The van der Waals surface area contributed by atoms with Crippen molar-refractivity contribution in [2.75, 3.05) is 19.6 Å². The van der Waals surface area contributed by atoms with E-state index in [9.17, 15) is 4.79 Å². The Kier molecular flexibility index (Phi) is 2.86. The molecule has 1 spiro atoms. The Morgan fingerprint density at radius 1 is 1.39 bits per heavy atom. The molecule has 1 atom stereocenters. The molecule has 2 aliphatic rings. The number of amides is 1. The minimum atomic E-state index is -0.0795. The van der Waals surface area contributed by atoms with Crippen molar-refractivity contribution in [3.63, 3.8) is 0 Å². The zero-order valence-electron chi connectivity index (χ0n) is 10.9. The first kappa shape index (κ1) is 11.7. The molecule has 0 bridgehead atoms. The molecule has 0 radical (unpaired) electrons. The molecule has 0 saturated carbocycles. The average Bonchev–Trinajstić information content (AvgIpc) is 2.93. The maximum atomic E-state index is 12.5. The Bertz CT molecular complexity index is 463. The second kappa shape index (κ2) is 4.39. The quantitative estimate of drug-likeness (QED) is 0.859. The minimum Gasteiger partial charge on any atom is -0.338 e. The van der Waals surface area contributed by atoms with Crippen LogP contribution in [0, 0.1) is 12.3 Å². The molecule has 1 amide bonds. The molecule has 1 aromatic carbocycles. The Labute approximate surface area is 108 Å². The molecular weight excluding hydrogens is 224 g/mol. The maximum absolute atomic E-state index is 12.5. The van der Waals surface area contributed by atoms with Gasteiger partial charge in [-0.3, -0.25) is 4.79 Å². The molecule has 2 fully saturated rings. The summed E-state index contributed by atoms with van der Waals surface area (Å²) in [5.74, 6) is 0.356. The molecule has 96 valence electrons. The Hall–Kier alpha value is -1.35. The first-order valence-corrected chi connectivity index (χ1v) is 6.75. The van der Waals surface area contributed by atoms with Crippen molar-refractivity contribution in [1.82, 2.24) is 10.2 Å². The smallest absolute Gasteiger partial charge is 0.230 e. The van der Waals surface area contributed by atoms with E-state index in [1.165, 1.54) is 11.1 Å². The predicted molar refractivity (Wildman–Crippen MR) is 71.1 cm³/mol. The van der Waals surface area contributed by atoms with Crippen LogP contribution in [0.4, 0.5) is 0 Å². The van der Waals surface area contributed by atoms with Gasteiger partial charge in [0.15, 0.2) is 0 Å². The first-order chi connectivity index (χ1) is 8.70. The summed E-state index contributed by atoms with van der Waals surface area (Å²) in [6.45, 7) is 5.63.